The minimum atomic E-state index is -0.498. The fourth-order valence-electron chi connectivity index (χ4n) is 3.20. The lowest BCUT2D eigenvalue weighted by Crippen LogP contribution is -2.45. The third kappa shape index (κ3) is 5.35. The first kappa shape index (κ1) is 22.3. The van der Waals surface area contributed by atoms with Gasteiger partial charge in [0.2, 0.25) is 5.91 Å². The van der Waals surface area contributed by atoms with Crippen molar-refractivity contribution in [3.8, 4) is 0 Å². The maximum atomic E-state index is 12.5. The van der Waals surface area contributed by atoms with Gasteiger partial charge >= 0.3 is 6.03 Å². The molecule has 146 valence electrons. The van der Waals surface area contributed by atoms with E-state index in [4.69, 9.17) is 5.73 Å². The van der Waals surface area contributed by atoms with Gasteiger partial charge in [0.25, 0.3) is 0 Å². The highest BCUT2D eigenvalue weighted by Crippen LogP contribution is 2.25. The molecule has 1 saturated heterocycles. The topological polar surface area (TPSA) is 87.5 Å². The molecular weight excluding hydrogens is 352 g/mol. The molecule has 1 fully saturated rings. The molecule has 0 aromatic heterocycles. The summed E-state index contributed by atoms with van der Waals surface area (Å²) in [4.78, 5) is 26.5. The average molecular weight is 383 g/mol. The van der Waals surface area contributed by atoms with Gasteiger partial charge in [-0.05, 0) is 43.4 Å². The van der Waals surface area contributed by atoms with Gasteiger partial charge in [-0.15, -0.1) is 12.4 Å². The van der Waals surface area contributed by atoms with Gasteiger partial charge in [0.1, 0.15) is 0 Å². The molecule has 1 heterocycles. The number of nitrogens with zero attached hydrogens (tertiary/aromatic N) is 1. The summed E-state index contributed by atoms with van der Waals surface area (Å²) < 4.78 is 0. The zero-order chi connectivity index (χ0) is 18.3. The number of hydrogen-bond acceptors (Lipinski definition) is 3. The number of carbonyl (C=O) groups is 2. The van der Waals surface area contributed by atoms with Crippen LogP contribution in [-0.4, -0.2) is 36.5 Å². The van der Waals surface area contributed by atoms with Gasteiger partial charge in [0, 0.05) is 31.9 Å². The first-order chi connectivity index (χ1) is 12.0. The van der Waals surface area contributed by atoms with Crippen LogP contribution in [0.4, 0.5) is 10.5 Å². The van der Waals surface area contributed by atoms with Crippen LogP contribution in [0, 0.1) is 5.41 Å². The maximum Gasteiger partial charge on any atom is 0.321 e. The number of nitrogens with one attached hydrogen (secondary N) is 2. The molecule has 0 bridgehead atoms. The van der Waals surface area contributed by atoms with Crippen LogP contribution in [0.25, 0.3) is 0 Å². The lowest BCUT2D eigenvalue weighted by Gasteiger charge is -2.28. The average Bonchev–Trinajstić information content (AvgIpc) is 3.17. The normalized spacial score (nSPS) is 13.9. The number of amides is 3. The van der Waals surface area contributed by atoms with Crippen molar-refractivity contribution < 1.29 is 9.59 Å². The molecule has 4 N–H and O–H groups in total. The zero-order valence-electron chi connectivity index (χ0n) is 15.7. The van der Waals surface area contributed by atoms with Crippen LogP contribution in [-0.2, 0) is 11.3 Å². The smallest absolute Gasteiger partial charge is 0.321 e. The Morgan fingerprint density at radius 1 is 1.19 bits per heavy atom. The highest BCUT2D eigenvalue weighted by molar-refractivity contribution is 5.89. The number of hydrogen-bond donors (Lipinski definition) is 3. The summed E-state index contributed by atoms with van der Waals surface area (Å²) >= 11 is 0. The summed E-state index contributed by atoms with van der Waals surface area (Å²) in [5.74, 6) is -0.00787. The molecule has 0 atom stereocenters. The molecule has 0 spiro atoms. The minimum Gasteiger partial charge on any atom is -0.352 e. The lowest BCUT2D eigenvalue weighted by molar-refractivity contribution is -0.131. The molecule has 0 unspecified atom stereocenters. The second-order valence-corrected chi connectivity index (χ2v) is 6.70. The van der Waals surface area contributed by atoms with Crippen LogP contribution in [0.3, 0.4) is 0 Å². The van der Waals surface area contributed by atoms with E-state index in [1.807, 2.05) is 43.0 Å². The first-order valence-electron chi connectivity index (χ1n) is 9.18. The molecule has 0 radical (unpaired) electrons. The molecule has 0 saturated carbocycles. The number of rotatable bonds is 7. The van der Waals surface area contributed by atoms with Crippen LogP contribution < -0.4 is 16.4 Å². The lowest BCUT2D eigenvalue weighted by atomic mass is 9.81. The van der Waals surface area contributed by atoms with Gasteiger partial charge in [-0.2, -0.15) is 0 Å². The van der Waals surface area contributed by atoms with Crippen molar-refractivity contribution in [1.82, 2.24) is 10.2 Å². The molecule has 1 aliphatic rings. The predicted molar refractivity (Wildman–Crippen MR) is 107 cm³/mol. The summed E-state index contributed by atoms with van der Waals surface area (Å²) in [6, 6.07) is 7.53. The van der Waals surface area contributed by atoms with Gasteiger partial charge in [0.05, 0.1) is 5.41 Å². The zero-order valence-corrected chi connectivity index (χ0v) is 16.5. The van der Waals surface area contributed by atoms with Crippen molar-refractivity contribution >= 4 is 30.0 Å². The number of urea groups is 1. The van der Waals surface area contributed by atoms with E-state index in [0.717, 1.165) is 50.0 Å². The van der Waals surface area contributed by atoms with Gasteiger partial charge < -0.3 is 21.3 Å². The minimum absolute atomic E-state index is 0. The molecule has 3 amide bonds. The second kappa shape index (κ2) is 10.4. The van der Waals surface area contributed by atoms with Crippen molar-refractivity contribution in [3.05, 3.63) is 29.8 Å². The van der Waals surface area contributed by atoms with Crippen molar-refractivity contribution in [1.29, 1.82) is 0 Å². The molecule has 2 rings (SSSR count). The number of anilines is 1. The molecule has 1 aromatic rings. The molecule has 7 heteroatoms. The van der Waals surface area contributed by atoms with Crippen LogP contribution in [0.2, 0.25) is 0 Å². The number of nitrogens with two attached hydrogens (primary N) is 1. The van der Waals surface area contributed by atoms with Crippen molar-refractivity contribution in [2.45, 2.75) is 46.1 Å². The van der Waals surface area contributed by atoms with Gasteiger partial charge in [-0.25, -0.2) is 4.79 Å². The molecule has 1 aromatic carbocycles. The van der Waals surface area contributed by atoms with Crippen molar-refractivity contribution in [2.75, 3.05) is 25.0 Å². The summed E-state index contributed by atoms with van der Waals surface area (Å²) in [5.41, 5.74) is 7.03. The Kier molecular flexibility index (Phi) is 8.88. The fraction of sp³-hybridized carbons (Fsp3) is 0.579. The number of halogens is 1. The quantitative estimate of drug-likeness (QED) is 0.677. The number of carbonyl (C=O) groups excluding carboxylic acids is 2. The summed E-state index contributed by atoms with van der Waals surface area (Å²) in [6.07, 6.45) is 3.57. The third-order valence-corrected chi connectivity index (χ3v) is 5.25. The van der Waals surface area contributed by atoms with E-state index >= 15 is 0 Å². The Balaban J connectivity index is 0.00000338. The van der Waals surface area contributed by atoms with E-state index in [-0.39, 0.29) is 24.3 Å². The maximum absolute atomic E-state index is 12.5. The largest absolute Gasteiger partial charge is 0.352 e. The fourth-order valence-corrected chi connectivity index (χ4v) is 3.20. The highest BCUT2D eigenvalue weighted by atomic mass is 35.5. The van der Waals surface area contributed by atoms with Crippen LogP contribution >= 0.6 is 12.4 Å². The summed E-state index contributed by atoms with van der Waals surface area (Å²) in [6.45, 7) is 6.38. The number of likely N-dealkylation sites (tertiary alicyclic amines) is 1. The predicted octanol–water partition coefficient (Wildman–Crippen LogP) is 3.12. The van der Waals surface area contributed by atoms with Crippen LogP contribution in [0.5, 0.6) is 0 Å². The van der Waals surface area contributed by atoms with E-state index in [2.05, 4.69) is 10.6 Å². The SMILES string of the molecule is CCC(CC)(CN)C(=O)NCc1cccc(NC(=O)N2CCCC2)c1.Cl. The highest BCUT2D eigenvalue weighted by Gasteiger charge is 2.32. The van der Waals surface area contributed by atoms with Gasteiger partial charge in [-0.3, -0.25) is 4.79 Å². The van der Waals surface area contributed by atoms with Crippen LogP contribution in [0.15, 0.2) is 24.3 Å². The Morgan fingerprint density at radius 3 is 2.42 bits per heavy atom. The second-order valence-electron chi connectivity index (χ2n) is 6.70. The van der Waals surface area contributed by atoms with E-state index in [1.165, 1.54) is 0 Å². The molecule has 1 aliphatic heterocycles. The Bertz CT molecular complexity index is 591. The number of benzene rings is 1. The third-order valence-electron chi connectivity index (χ3n) is 5.25. The van der Waals surface area contributed by atoms with Gasteiger partial charge in [-0.1, -0.05) is 26.0 Å². The summed E-state index contributed by atoms with van der Waals surface area (Å²) in [5, 5.41) is 5.92. The van der Waals surface area contributed by atoms with Crippen LogP contribution in [0.1, 0.15) is 45.1 Å². The van der Waals surface area contributed by atoms with E-state index in [0.29, 0.717) is 13.1 Å². The van der Waals surface area contributed by atoms with Crippen molar-refractivity contribution in [3.63, 3.8) is 0 Å². The van der Waals surface area contributed by atoms with E-state index in [1.54, 1.807) is 0 Å². The van der Waals surface area contributed by atoms with E-state index in [9.17, 15) is 9.59 Å². The van der Waals surface area contributed by atoms with Gasteiger partial charge in [0.15, 0.2) is 0 Å². The van der Waals surface area contributed by atoms with Crippen molar-refractivity contribution in [2.24, 2.45) is 11.1 Å². The first-order valence-corrected chi connectivity index (χ1v) is 9.18. The molecule has 6 nitrogen and oxygen atoms in total. The van der Waals surface area contributed by atoms with E-state index < -0.39 is 5.41 Å². The molecular formula is C19H31ClN4O2. The Labute approximate surface area is 162 Å². The monoisotopic (exact) mass is 382 g/mol. The molecule has 0 aliphatic carbocycles. The Hall–Kier alpha value is -1.79. The molecule has 26 heavy (non-hydrogen) atoms. The summed E-state index contributed by atoms with van der Waals surface area (Å²) in [7, 11) is 0. The Morgan fingerprint density at radius 2 is 1.85 bits per heavy atom. The standard InChI is InChI=1S/C19H30N4O2.ClH/c1-3-19(4-2,14-20)17(24)21-13-15-8-7-9-16(12-15)22-18(25)23-10-5-6-11-23;/h7-9,12H,3-6,10-11,13-14,20H2,1-2H3,(H,21,24)(H,22,25);1H.